The molecule has 1 aliphatic rings. The van der Waals surface area contributed by atoms with Crippen molar-refractivity contribution in [2.75, 3.05) is 27.2 Å². The average molecular weight is 273 g/mol. The Hall–Kier alpha value is -1.88. The largest absolute Gasteiger partial charge is 0.465 e. The van der Waals surface area contributed by atoms with Crippen LogP contribution in [0.4, 0.5) is 0 Å². The maximum atomic E-state index is 11.6. The second-order valence-corrected chi connectivity index (χ2v) is 5.40. The van der Waals surface area contributed by atoms with Crippen molar-refractivity contribution in [1.29, 1.82) is 0 Å². The lowest BCUT2D eigenvalue weighted by molar-refractivity contribution is 0.0600. The van der Waals surface area contributed by atoms with Gasteiger partial charge in [0.25, 0.3) is 0 Å². The molecule has 0 unspecified atom stereocenters. The zero-order valence-corrected chi connectivity index (χ0v) is 11.9. The van der Waals surface area contributed by atoms with E-state index in [2.05, 4.69) is 16.9 Å². The van der Waals surface area contributed by atoms with Crippen molar-refractivity contribution in [2.24, 2.45) is 0 Å². The van der Waals surface area contributed by atoms with Gasteiger partial charge in [-0.2, -0.15) is 0 Å². The van der Waals surface area contributed by atoms with Gasteiger partial charge < -0.3 is 14.0 Å². The number of rotatable bonds is 2. The standard InChI is InChI=1S/C15H19N3O2/c1-17-7-5-11(6-8-17)14-16-9-13-4-3-12(10-18(13)14)15(19)20-2/h3-4,9-11H,5-8H2,1-2H3. The Morgan fingerprint density at radius 3 is 2.80 bits per heavy atom. The highest BCUT2D eigenvalue weighted by Gasteiger charge is 2.22. The molecule has 20 heavy (non-hydrogen) atoms. The average Bonchev–Trinajstić information content (AvgIpc) is 2.90. The van der Waals surface area contributed by atoms with Crippen LogP contribution in [0.1, 0.15) is 34.9 Å². The third-order valence-corrected chi connectivity index (χ3v) is 4.06. The zero-order chi connectivity index (χ0) is 14.1. The van der Waals surface area contributed by atoms with Crippen molar-refractivity contribution in [2.45, 2.75) is 18.8 Å². The van der Waals surface area contributed by atoms with Gasteiger partial charge in [0.2, 0.25) is 0 Å². The van der Waals surface area contributed by atoms with Crippen LogP contribution in [-0.4, -0.2) is 47.5 Å². The molecule has 1 saturated heterocycles. The highest BCUT2D eigenvalue weighted by molar-refractivity contribution is 5.89. The molecule has 5 nitrogen and oxygen atoms in total. The van der Waals surface area contributed by atoms with E-state index in [0.717, 1.165) is 37.3 Å². The van der Waals surface area contributed by atoms with Gasteiger partial charge >= 0.3 is 5.97 Å². The molecule has 1 fully saturated rings. The summed E-state index contributed by atoms with van der Waals surface area (Å²) in [5, 5.41) is 0. The fraction of sp³-hybridized carbons (Fsp3) is 0.467. The smallest absolute Gasteiger partial charge is 0.339 e. The molecule has 2 aromatic heterocycles. The van der Waals surface area contributed by atoms with Crippen LogP contribution in [0.25, 0.3) is 5.52 Å². The second kappa shape index (κ2) is 5.25. The molecule has 0 N–H and O–H groups in total. The van der Waals surface area contributed by atoms with Crippen LogP contribution < -0.4 is 0 Å². The van der Waals surface area contributed by atoms with Gasteiger partial charge in [-0.15, -0.1) is 0 Å². The lowest BCUT2D eigenvalue weighted by Crippen LogP contribution is -2.30. The Labute approximate surface area is 118 Å². The van der Waals surface area contributed by atoms with Crippen LogP contribution >= 0.6 is 0 Å². The number of piperidine rings is 1. The molecule has 1 aliphatic heterocycles. The van der Waals surface area contributed by atoms with Crippen LogP contribution in [0.5, 0.6) is 0 Å². The molecule has 0 spiro atoms. The maximum absolute atomic E-state index is 11.6. The molecule has 3 heterocycles. The molecule has 0 saturated carbocycles. The molecule has 0 aliphatic carbocycles. The Balaban J connectivity index is 1.96. The monoisotopic (exact) mass is 273 g/mol. The lowest BCUT2D eigenvalue weighted by atomic mass is 9.96. The molecule has 0 aromatic carbocycles. The molecule has 2 aromatic rings. The first-order valence-electron chi connectivity index (χ1n) is 6.93. The van der Waals surface area contributed by atoms with Crippen molar-refractivity contribution < 1.29 is 9.53 Å². The van der Waals surface area contributed by atoms with Crippen LogP contribution in [-0.2, 0) is 4.74 Å². The van der Waals surface area contributed by atoms with E-state index < -0.39 is 0 Å². The van der Waals surface area contributed by atoms with E-state index in [-0.39, 0.29) is 5.97 Å². The van der Waals surface area contributed by atoms with E-state index >= 15 is 0 Å². The summed E-state index contributed by atoms with van der Waals surface area (Å²) in [5.41, 5.74) is 1.58. The highest BCUT2D eigenvalue weighted by atomic mass is 16.5. The van der Waals surface area contributed by atoms with E-state index in [4.69, 9.17) is 4.74 Å². The van der Waals surface area contributed by atoms with Crippen LogP contribution in [0, 0.1) is 0 Å². The minimum absolute atomic E-state index is 0.310. The number of ether oxygens (including phenoxy) is 1. The van der Waals surface area contributed by atoms with E-state index in [1.807, 2.05) is 22.9 Å². The number of fused-ring (bicyclic) bond motifs is 1. The van der Waals surface area contributed by atoms with Crippen LogP contribution in [0.3, 0.4) is 0 Å². The van der Waals surface area contributed by atoms with Gasteiger partial charge in [0, 0.05) is 12.1 Å². The summed E-state index contributed by atoms with van der Waals surface area (Å²) in [5.74, 6) is 1.20. The summed E-state index contributed by atoms with van der Waals surface area (Å²) in [6.07, 6.45) is 5.92. The quantitative estimate of drug-likeness (QED) is 0.784. The number of hydrogen-bond acceptors (Lipinski definition) is 4. The van der Waals surface area contributed by atoms with Crippen LogP contribution in [0.2, 0.25) is 0 Å². The second-order valence-electron chi connectivity index (χ2n) is 5.40. The van der Waals surface area contributed by atoms with Crippen molar-refractivity contribution in [1.82, 2.24) is 14.3 Å². The van der Waals surface area contributed by atoms with E-state index in [0.29, 0.717) is 11.5 Å². The first-order valence-corrected chi connectivity index (χ1v) is 6.93. The molecule has 106 valence electrons. The normalized spacial score (nSPS) is 17.5. The van der Waals surface area contributed by atoms with Gasteiger partial charge in [-0.05, 0) is 45.1 Å². The number of pyridine rings is 1. The predicted octanol–water partition coefficient (Wildman–Crippen LogP) is 1.93. The Kier molecular flexibility index (Phi) is 3.44. The topological polar surface area (TPSA) is 46.8 Å². The fourth-order valence-electron chi connectivity index (χ4n) is 2.82. The Morgan fingerprint density at radius 2 is 2.10 bits per heavy atom. The van der Waals surface area contributed by atoms with Gasteiger partial charge in [-0.25, -0.2) is 9.78 Å². The van der Waals surface area contributed by atoms with Crippen LogP contribution in [0.15, 0.2) is 24.5 Å². The van der Waals surface area contributed by atoms with Gasteiger partial charge in [0.05, 0.1) is 24.4 Å². The zero-order valence-electron chi connectivity index (χ0n) is 11.9. The third kappa shape index (κ3) is 2.29. The summed E-state index contributed by atoms with van der Waals surface area (Å²) in [6, 6.07) is 3.69. The van der Waals surface area contributed by atoms with Gasteiger partial charge in [0.15, 0.2) is 0 Å². The molecule has 0 atom stereocenters. The number of esters is 1. The number of aromatic nitrogens is 2. The SMILES string of the molecule is COC(=O)c1ccc2cnc(C3CCN(C)CC3)n2c1. The van der Waals surface area contributed by atoms with Gasteiger partial charge in [0.1, 0.15) is 5.82 Å². The minimum atomic E-state index is -0.310. The van der Waals surface area contributed by atoms with E-state index in [1.165, 1.54) is 7.11 Å². The fourth-order valence-corrected chi connectivity index (χ4v) is 2.82. The number of carbonyl (C=O) groups is 1. The molecule has 0 bridgehead atoms. The first kappa shape index (κ1) is 13.1. The molecule has 3 rings (SSSR count). The van der Waals surface area contributed by atoms with E-state index in [1.54, 1.807) is 6.07 Å². The Bertz CT molecular complexity index is 627. The highest BCUT2D eigenvalue weighted by Crippen LogP contribution is 2.27. The number of hydrogen-bond donors (Lipinski definition) is 0. The summed E-state index contributed by atoms with van der Waals surface area (Å²) >= 11 is 0. The van der Waals surface area contributed by atoms with Crippen molar-refractivity contribution in [3.63, 3.8) is 0 Å². The number of likely N-dealkylation sites (tertiary alicyclic amines) is 1. The van der Waals surface area contributed by atoms with Crippen molar-refractivity contribution in [3.8, 4) is 0 Å². The van der Waals surface area contributed by atoms with Gasteiger partial charge in [-0.3, -0.25) is 0 Å². The maximum Gasteiger partial charge on any atom is 0.339 e. The van der Waals surface area contributed by atoms with Crippen molar-refractivity contribution in [3.05, 3.63) is 35.9 Å². The third-order valence-electron chi connectivity index (χ3n) is 4.06. The molecular weight excluding hydrogens is 254 g/mol. The summed E-state index contributed by atoms with van der Waals surface area (Å²) < 4.78 is 6.81. The van der Waals surface area contributed by atoms with Gasteiger partial charge in [-0.1, -0.05) is 0 Å². The molecule has 0 amide bonds. The lowest BCUT2D eigenvalue weighted by Gasteiger charge is -2.28. The number of methoxy groups -OCH3 is 1. The molecule has 5 heteroatoms. The number of imidazole rings is 1. The summed E-state index contributed by atoms with van der Waals surface area (Å²) in [6.45, 7) is 2.19. The summed E-state index contributed by atoms with van der Waals surface area (Å²) in [7, 11) is 3.55. The summed E-state index contributed by atoms with van der Waals surface area (Å²) in [4.78, 5) is 18.5. The Morgan fingerprint density at radius 1 is 1.35 bits per heavy atom. The van der Waals surface area contributed by atoms with E-state index in [9.17, 15) is 4.79 Å². The minimum Gasteiger partial charge on any atom is -0.465 e. The number of nitrogens with zero attached hydrogens (tertiary/aromatic N) is 3. The number of carbonyl (C=O) groups excluding carboxylic acids is 1. The predicted molar refractivity (Wildman–Crippen MR) is 76.0 cm³/mol. The first-order chi connectivity index (χ1) is 9.69. The molecule has 0 radical (unpaired) electrons. The molecular formula is C15H19N3O2. The van der Waals surface area contributed by atoms with Crippen molar-refractivity contribution >= 4 is 11.5 Å².